The van der Waals surface area contributed by atoms with E-state index in [1.54, 1.807) is 0 Å². The van der Waals surface area contributed by atoms with Crippen molar-refractivity contribution in [2.75, 3.05) is 31.4 Å². The van der Waals surface area contributed by atoms with Crippen molar-refractivity contribution in [3.63, 3.8) is 0 Å². The molecule has 36 heavy (non-hydrogen) atoms. The summed E-state index contributed by atoms with van der Waals surface area (Å²) >= 11 is 0. The number of carboxylic acid groups (broad SMARTS) is 1. The van der Waals surface area contributed by atoms with Gasteiger partial charge < -0.3 is 25.0 Å². The molecule has 2 heterocycles. The molecule has 4 N–H and O–H groups in total. The van der Waals surface area contributed by atoms with Crippen molar-refractivity contribution in [3.05, 3.63) is 33.9 Å². The SMILES string of the molecule is COc1c(N2CC3CCCCC3(N)C2)c(F)cc2c(=O)c(C(=O)O)cn([C@@H]3C[C@@H]3F)c12.CS(=O)(=O)O. The molecular weight excluding hydrogens is 500 g/mol. The topological polar surface area (TPSA) is 152 Å². The molecule has 3 fully saturated rings. The van der Waals surface area contributed by atoms with Crippen LogP contribution in [0.3, 0.4) is 0 Å². The molecule has 0 amide bonds. The minimum Gasteiger partial charge on any atom is -0.492 e. The average molecular weight is 530 g/mol. The van der Waals surface area contributed by atoms with Gasteiger partial charge in [-0.05, 0) is 24.8 Å². The van der Waals surface area contributed by atoms with Crippen LogP contribution in [-0.2, 0) is 10.1 Å². The summed E-state index contributed by atoms with van der Waals surface area (Å²) in [6, 6.07) is 0.439. The summed E-state index contributed by atoms with van der Waals surface area (Å²) in [4.78, 5) is 26.3. The van der Waals surface area contributed by atoms with Crippen molar-refractivity contribution in [1.82, 2.24) is 4.57 Å². The zero-order chi connectivity index (χ0) is 26.6. The van der Waals surface area contributed by atoms with Crippen molar-refractivity contribution in [1.29, 1.82) is 0 Å². The summed E-state index contributed by atoms with van der Waals surface area (Å²) in [7, 11) is -2.29. The Morgan fingerprint density at radius 2 is 1.97 bits per heavy atom. The van der Waals surface area contributed by atoms with Gasteiger partial charge in [-0.3, -0.25) is 9.35 Å². The number of aromatic nitrogens is 1. The minimum atomic E-state index is -3.67. The fourth-order valence-corrected chi connectivity index (χ4v) is 5.46. The number of ether oxygens (including phenoxy) is 1. The fourth-order valence-electron chi connectivity index (χ4n) is 5.46. The van der Waals surface area contributed by atoms with E-state index in [2.05, 4.69) is 0 Å². The molecule has 2 unspecified atom stereocenters. The van der Waals surface area contributed by atoms with E-state index in [0.717, 1.165) is 37.9 Å². The maximum Gasteiger partial charge on any atom is 0.341 e. The number of pyridine rings is 1. The number of carboxylic acids is 1. The van der Waals surface area contributed by atoms with E-state index >= 15 is 4.39 Å². The van der Waals surface area contributed by atoms with Gasteiger partial charge in [0.25, 0.3) is 10.1 Å². The second-order valence-corrected chi connectivity index (χ2v) is 11.3. The van der Waals surface area contributed by atoms with Crippen LogP contribution >= 0.6 is 0 Å². The third-order valence-electron chi connectivity index (χ3n) is 7.17. The number of nitrogens with two attached hydrogens (primary N) is 1. The lowest BCUT2D eigenvalue weighted by Crippen LogP contribution is -2.49. The molecule has 4 atom stereocenters. The standard InChI is InChI=1S/C22H25F2N3O4.CH4O3S/c1-31-20-17-12(19(28)13(21(29)30)9-27(17)16-7-14(16)23)6-15(24)18(20)26-8-11-4-2-3-5-22(11,25)10-26;1-5(2,3)4/h6,9,11,14,16H,2-5,7-8,10,25H2,1H3,(H,29,30);1H3,(H,2,3,4)/t11?,14-,16+,22?;/m0./s1. The first-order chi connectivity index (χ1) is 16.7. The first-order valence-electron chi connectivity index (χ1n) is 11.5. The number of hydrogen-bond donors (Lipinski definition) is 3. The molecule has 1 aromatic heterocycles. The molecule has 0 radical (unpaired) electrons. The lowest BCUT2D eigenvalue weighted by atomic mass is 9.76. The van der Waals surface area contributed by atoms with Gasteiger partial charge in [-0.2, -0.15) is 8.42 Å². The Balaban J connectivity index is 0.000000556. The zero-order valence-electron chi connectivity index (χ0n) is 19.9. The minimum absolute atomic E-state index is 0.116. The maximum atomic E-state index is 15.4. The van der Waals surface area contributed by atoms with Gasteiger partial charge in [-0.25, -0.2) is 13.6 Å². The van der Waals surface area contributed by atoms with E-state index in [1.807, 2.05) is 4.90 Å². The van der Waals surface area contributed by atoms with E-state index < -0.39 is 50.6 Å². The van der Waals surface area contributed by atoms with E-state index in [0.29, 0.717) is 19.3 Å². The highest BCUT2D eigenvalue weighted by Gasteiger charge is 2.47. The van der Waals surface area contributed by atoms with Crippen molar-refractivity contribution < 1.29 is 36.4 Å². The quantitative estimate of drug-likeness (QED) is 0.507. The first kappa shape index (κ1) is 26.3. The largest absolute Gasteiger partial charge is 0.492 e. The third-order valence-corrected chi connectivity index (χ3v) is 7.17. The maximum absolute atomic E-state index is 15.4. The monoisotopic (exact) mass is 529 g/mol. The molecule has 0 bridgehead atoms. The first-order valence-corrected chi connectivity index (χ1v) is 13.4. The van der Waals surface area contributed by atoms with Crippen molar-refractivity contribution in [2.24, 2.45) is 11.7 Å². The van der Waals surface area contributed by atoms with Crippen LogP contribution in [0.2, 0.25) is 0 Å². The van der Waals surface area contributed by atoms with Crippen molar-refractivity contribution >= 4 is 32.7 Å². The second-order valence-electron chi connectivity index (χ2n) is 9.83. The van der Waals surface area contributed by atoms with Crippen LogP contribution in [0, 0.1) is 11.7 Å². The molecule has 2 aliphatic carbocycles. The zero-order valence-corrected chi connectivity index (χ0v) is 20.7. The van der Waals surface area contributed by atoms with Crippen LogP contribution in [0.25, 0.3) is 10.9 Å². The van der Waals surface area contributed by atoms with Crippen LogP contribution in [0.5, 0.6) is 5.75 Å². The molecular formula is C23H29F2N3O7S. The van der Waals surface area contributed by atoms with Gasteiger partial charge in [0.1, 0.15) is 17.4 Å². The molecule has 5 rings (SSSR count). The number of methoxy groups -OCH3 is 1. The Bertz CT molecular complexity index is 1370. The van der Waals surface area contributed by atoms with Gasteiger partial charge in [-0.1, -0.05) is 12.8 Å². The van der Waals surface area contributed by atoms with E-state index in [4.69, 9.17) is 15.0 Å². The van der Waals surface area contributed by atoms with Crippen molar-refractivity contribution in [3.8, 4) is 5.75 Å². The number of anilines is 1. The average Bonchev–Trinajstić information content (AvgIpc) is 3.38. The molecule has 1 aliphatic heterocycles. The molecule has 3 aliphatic rings. The van der Waals surface area contributed by atoms with Gasteiger partial charge in [-0.15, -0.1) is 0 Å². The summed E-state index contributed by atoms with van der Waals surface area (Å²) in [6.45, 7) is 1.03. The van der Waals surface area contributed by atoms with Crippen LogP contribution < -0.4 is 20.8 Å². The normalized spacial score (nSPS) is 27.3. The summed E-state index contributed by atoms with van der Waals surface area (Å²) in [5.74, 6) is -1.76. The number of halogens is 2. The number of aromatic carboxylic acids is 1. The van der Waals surface area contributed by atoms with Gasteiger partial charge in [0.2, 0.25) is 5.43 Å². The Kier molecular flexibility index (Phi) is 6.77. The highest BCUT2D eigenvalue weighted by molar-refractivity contribution is 7.85. The van der Waals surface area contributed by atoms with Crippen molar-refractivity contribution in [2.45, 2.75) is 49.9 Å². The highest BCUT2D eigenvalue weighted by atomic mass is 32.2. The number of alkyl halides is 1. The van der Waals surface area contributed by atoms with Crippen LogP contribution in [0.15, 0.2) is 17.1 Å². The summed E-state index contributed by atoms with van der Waals surface area (Å²) in [5, 5.41) is 9.30. The lowest BCUT2D eigenvalue weighted by Gasteiger charge is -2.34. The number of rotatable bonds is 4. The predicted molar refractivity (Wildman–Crippen MR) is 129 cm³/mol. The predicted octanol–water partition coefficient (Wildman–Crippen LogP) is 2.34. The highest BCUT2D eigenvalue weighted by Crippen LogP contribution is 2.48. The Morgan fingerprint density at radius 3 is 2.50 bits per heavy atom. The van der Waals surface area contributed by atoms with Gasteiger partial charge in [0.15, 0.2) is 11.6 Å². The van der Waals surface area contributed by atoms with Crippen LogP contribution in [0.4, 0.5) is 14.5 Å². The Morgan fingerprint density at radius 1 is 1.33 bits per heavy atom. The van der Waals surface area contributed by atoms with Gasteiger partial charge >= 0.3 is 5.97 Å². The summed E-state index contributed by atoms with van der Waals surface area (Å²) in [5.41, 5.74) is 5.33. The molecule has 2 aromatic rings. The number of hydrogen-bond acceptors (Lipinski definition) is 7. The lowest BCUT2D eigenvalue weighted by molar-refractivity contribution is 0.0694. The van der Waals surface area contributed by atoms with Crippen LogP contribution in [0.1, 0.15) is 48.5 Å². The Labute approximate surface area is 206 Å². The van der Waals surface area contributed by atoms with Crippen LogP contribution in [-0.4, -0.2) is 66.8 Å². The smallest absolute Gasteiger partial charge is 0.341 e. The summed E-state index contributed by atoms with van der Waals surface area (Å²) in [6.07, 6.45) is 4.87. The molecule has 2 saturated carbocycles. The van der Waals surface area contributed by atoms with Gasteiger partial charge in [0.05, 0.1) is 30.3 Å². The van der Waals surface area contributed by atoms with E-state index in [-0.39, 0.29) is 34.7 Å². The molecule has 0 spiro atoms. The Hall–Kier alpha value is -2.77. The number of nitrogens with zero attached hydrogens (tertiary/aromatic N) is 2. The van der Waals surface area contributed by atoms with Gasteiger partial charge in [0, 0.05) is 31.2 Å². The third kappa shape index (κ3) is 4.91. The molecule has 10 nitrogen and oxygen atoms in total. The fraction of sp³-hybridized carbons (Fsp3) is 0.565. The van der Waals surface area contributed by atoms with E-state index in [9.17, 15) is 27.5 Å². The number of carbonyl (C=O) groups is 1. The number of fused-ring (bicyclic) bond motifs is 2. The van der Waals surface area contributed by atoms with E-state index in [1.165, 1.54) is 11.7 Å². The molecule has 1 aromatic carbocycles. The molecule has 198 valence electrons. The summed E-state index contributed by atoms with van der Waals surface area (Å²) < 4.78 is 62.3. The second kappa shape index (κ2) is 9.27. The molecule has 13 heteroatoms. The molecule has 1 saturated heterocycles. The number of benzene rings is 1.